The van der Waals surface area contributed by atoms with Gasteiger partial charge in [-0.1, -0.05) is 25.1 Å². The number of hydrogen-bond acceptors (Lipinski definition) is 5. The summed E-state index contributed by atoms with van der Waals surface area (Å²) in [5, 5.41) is 0.104. The average molecular weight is 256 g/mol. The van der Waals surface area contributed by atoms with Gasteiger partial charge >= 0.3 is 0 Å². The molecule has 0 fully saturated rings. The minimum Gasteiger partial charge on any atom is -0.301 e. The van der Waals surface area contributed by atoms with Crippen LogP contribution in [0.2, 0.25) is 0 Å². The van der Waals surface area contributed by atoms with E-state index in [0.29, 0.717) is 17.3 Å². The Morgan fingerprint density at radius 1 is 1.71 bits per heavy atom. The molecule has 1 atom stereocenters. The smallest absolute Gasteiger partial charge is 0.251 e. The molecule has 17 heavy (non-hydrogen) atoms. The van der Waals surface area contributed by atoms with Crippen molar-refractivity contribution in [2.24, 2.45) is 5.84 Å². The summed E-state index contributed by atoms with van der Waals surface area (Å²) in [5.74, 6) is 4.85. The van der Waals surface area contributed by atoms with Crippen molar-refractivity contribution in [3.63, 3.8) is 0 Å². The van der Waals surface area contributed by atoms with Gasteiger partial charge in [-0.25, -0.2) is 10.8 Å². The van der Waals surface area contributed by atoms with Crippen molar-refractivity contribution < 1.29 is 4.79 Å². The molecule has 7 heteroatoms. The van der Waals surface area contributed by atoms with E-state index >= 15 is 0 Å². The Balaban J connectivity index is 2.85. The number of hydrogen-bond donors (Lipinski definition) is 3. The molecule has 1 aromatic heterocycles. The van der Waals surface area contributed by atoms with Crippen molar-refractivity contribution in [3.8, 4) is 0 Å². The van der Waals surface area contributed by atoms with Crippen LogP contribution in [0.4, 0.5) is 0 Å². The molecule has 0 bridgehead atoms. The maximum absolute atomic E-state index is 11.5. The quantitative estimate of drug-likeness (QED) is 0.232. The Hall–Kier alpha value is -1.34. The molecular formula is C10H16N4O2S. The molecule has 4 N–H and O–H groups in total. The summed E-state index contributed by atoms with van der Waals surface area (Å²) >= 11 is 1.22. The Morgan fingerprint density at radius 2 is 2.41 bits per heavy atom. The third-order valence-corrected chi connectivity index (χ3v) is 3.24. The van der Waals surface area contributed by atoms with Crippen LogP contribution >= 0.6 is 11.8 Å². The average Bonchev–Trinajstić information content (AvgIpc) is 2.26. The third kappa shape index (κ3) is 4.20. The highest BCUT2D eigenvalue weighted by Gasteiger charge is 2.19. The maximum atomic E-state index is 11.5. The lowest BCUT2D eigenvalue weighted by molar-refractivity contribution is -0.120. The van der Waals surface area contributed by atoms with Crippen LogP contribution in [0.5, 0.6) is 0 Å². The number of nitrogens with two attached hydrogens (primary N) is 1. The molecule has 1 aromatic rings. The van der Waals surface area contributed by atoms with Crippen LogP contribution in [-0.2, 0) is 4.79 Å². The highest BCUT2D eigenvalue weighted by Crippen LogP contribution is 2.22. The second-order valence-electron chi connectivity index (χ2n) is 3.60. The van der Waals surface area contributed by atoms with Crippen LogP contribution in [-0.4, -0.2) is 21.1 Å². The van der Waals surface area contributed by atoms with Crippen LogP contribution < -0.4 is 16.8 Å². The number of nitrogens with zero attached hydrogens (tertiary/aromatic N) is 1. The molecule has 0 radical (unpaired) electrons. The van der Waals surface area contributed by atoms with E-state index in [0.717, 1.165) is 6.42 Å². The van der Waals surface area contributed by atoms with Gasteiger partial charge in [0.05, 0.1) is 5.25 Å². The first kappa shape index (κ1) is 13.7. The normalized spacial score (nSPS) is 12.2. The van der Waals surface area contributed by atoms with Gasteiger partial charge in [-0.15, -0.1) is 0 Å². The van der Waals surface area contributed by atoms with Crippen molar-refractivity contribution in [1.82, 2.24) is 15.4 Å². The number of rotatable bonds is 5. The Kier molecular flexibility index (Phi) is 5.17. The lowest BCUT2D eigenvalue weighted by Gasteiger charge is -2.12. The summed E-state index contributed by atoms with van der Waals surface area (Å²) in [4.78, 5) is 29.5. The van der Waals surface area contributed by atoms with Crippen LogP contribution in [0.15, 0.2) is 16.0 Å². The van der Waals surface area contributed by atoms with Crippen LogP contribution in [0.1, 0.15) is 25.5 Å². The molecule has 0 saturated carbocycles. The Morgan fingerprint density at radius 3 is 2.94 bits per heavy atom. The van der Waals surface area contributed by atoms with E-state index < -0.39 is 0 Å². The van der Waals surface area contributed by atoms with Gasteiger partial charge in [0, 0.05) is 11.8 Å². The summed E-state index contributed by atoms with van der Waals surface area (Å²) in [5.41, 5.74) is 2.53. The zero-order valence-electron chi connectivity index (χ0n) is 9.82. The van der Waals surface area contributed by atoms with E-state index in [1.807, 2.05) is 6.92 Å². The molecule has 0 aliphatic carbocycles. The molecule has 0 aromatic carbocycles. The first-order valence-corrected chi connectivity index (χ1v) is 6.19. The van der Waals surface area contributed by atoms with Gasteiger partial charge in [-0.05, 0) is 13.3 Å². The summed E-state index contributed by atoms with van der Waals surface area (Å²) in [6.07, 6.45) is 1.52. The lowest BCUT2D eigenvalue weighted by Crippen LogP contribution is -2.37. The van der Waals surface area contributed by atoms with Gasteiger partial charge in [0.15, 0.2) is 5.16 Å². The molecule has 0 aliphatic heterocycles. The number of nitrogens with one attached hydrogen (secondary N) is 2. The number of carbonyl (C=O) groups excluding carboxylic acids is 1. The van der Waals surface area contributed by atoms with Crippen molar-refractivity contribution in [2.75, 3.05) is 0 Å². The molecule has 1 heterocycles. The molecular weight excluding hydrogens is 240 g/mol. The lowest BCUT2D eigenvalue weighted by atomic mass is 10.2. The molecule has 6 nitrogen and oxygen atoms in total. The summed E-state index contributed by atoms with van der Waals surface area (Å²) in [6.45, 7) is 3.71. The fourth-order valence-electron chi connectivity index (χ4n) is 1.34. The molecule has 1 unspecified atom stereocenters. The van der Waals surface area contributed by atoms with Crippen LogP contribution in [0.3, 0.4) is 0 Å². The minimum absolute atomic E-state index is 0.219. The zero-order chi connectivity index (χ0) is 12.8. The maximum Gasteiger partial charge on any atom is 0.251 e. The first-order chi connectivity index (χ1) is 8.06. The van der Waals surface area contributed by atoms with E-state index in [4.69, 9.17) is 5.84 Å². The van der Waals surface area contributed by atoms with Gasteiger partial charge in [0.25, 0.3) is 5.56 Å². The highest BCUT2D eigenvalue weighted by molar-refractivity contribution is 8.00. The molecule has 0 saturated heterocycles. The van der Waals surface area contributed by atoms with E-state index in [2.05, 4.69) is 15.4 Å². The number of aromatic nitrogens is 2. The van der Waals surface area contributed by atoms with E-state index in [1.165, 1.54) is 17.8 Å². The number of hydrazine groups is 1. The molecule has 94 valence electrons. The van der Waals surface area contributed by atoms with Crippen molar-refractivity contribution in [3.05, 3.63) is 22.1 Å². The van der Waals surface area contributed by atoms with Crippen LogP contribution in [0, 0.1) is 6.92 Å². The fourth-order valence-corrected chi connectivity index (χ4v) is 2.50. The molecule has 0 aliphatic rings. The molecule has 1 rings (SSSR count). The summed E-state index contributed by atoms with van der Waals surface area (Å²) in [7, 11) is 0. The molecule has 0 spiro atoms. The number of amides is 1. The number of carbonyl (C=O) groups is 1. The predicted octanol–water partition coefficient (Wildman–Crippen LogP) is 0.329. The fraction of sp³-hybridized carbons (Fsp3) is 0.500. The van der Waals surface area contributed by atoms with Crippen molar-refractivity contribution >= 4 is 17.7 Å². The second-order valence-corrected chi connectivity index (χ2v) is 4.79. The second kappa shape index (κ2) is 6.41. The Labute approximate surface area is 103 Å². The SMILES string of the molecule is CCCC(Sc1nc(C)cc(=O)[nH]1)C(=O)NN. The van der Waals surface area contributed by atoms with Gasteiger partial charge in [0.1, 0.15) is 0 Å². The van der Waals surface area contributed by atoms with E-state index in [-0.39, 0.29) is 16.7 Å². The topological polar surface area (TPSA) is 101 Å². The minimum atomic E-state index is -0.338. The van der Waals surface area contributed by atoms with E-state index in [1.54, 1.807) is 6.92 Å². The third-order valence-electron chi connectivity index (χ3n) is 2.09. The van der Waals surface area contributed by atoms with Gasteiger partial charge in [0.2, 0.25) is 5.91 Å². The van der Waals surface area contributed by atoms with Gasteiger partial charge in [-0.2, -0.15) is 0 Å². The standard InChI is InChI=1S/C10H16N4O2S/c1-3-4-7(9(16)14-11)17-10-12-6(2)5-8(15)13-10/h5,7H,3-4,11H2,1-2H3,(H,14,16)(H,12,13,15). The van der Waals surface area contributed by atoms with Crippen molar-refractivity contribution in [2.45, 2.75) is 37.1 Å². The Bertz CT molecular complexity index is 446. The first-order valence-electron chi connectivity index (χ1n) is 5.32. The number of aromatic amines is 1. The number of aryl methyl sites for hydroxylation is 1. The number of H-pyrrole nitrogens is 1. The van der Waals surface area contributed by atoms with Gasteiger partial charge < -0.3 is 4.98 Å². The number of thioether (sulfide) groups is 1. The van der Waals surface area contributed by atoms with Crippen molar-refractivity contribution in [1.29, 1.82) is 0 Å². The highest BCUT2D eigenvalue weighted by atomic mass is 32.2. The van der Waals surface area contributed by atoms with Gasteiger partial charge in [-0.3, -0.25) is 15.0 Å². The zero-order valence-corrected chi connectivity index (χ0v) is 10.6. The van der Waals surface area contributed by atoms with E-state index in [9.17, 15) is 9.59 Å². The summed E-state index contributed by atoms with van der Waals surface area (Å²) in [6, 6.07) is 1.40. The van der Waals surface area contributed by atoms with Crippen LogP contribution in [0.25, 0.3) is 0 Å². The largest absolute Gasteiger partial charge is 0.301 e. The predicted molar refractivity (Wildman–Crippen MR) is 66.5 cm³/mol. The molecule has 1 amide bonds. The summed E-state index contributed by atoms with van der Waals surface area (Å²) < 4.78 is 0. The monoisotopic (exact) mass is 256 g/mol.